The fraction of sp³-hybridized carbons (Fsp3) is 0.375. The van der Waals surface area contributed by atoms with E-state index in [1.807, 2.05) is 37.3 Å². The minimum absolute atomic E-state index is 0.500. The molecule has 1 heterocycles. The van der Waals surface area contributed by atoms with Crippen LogP contribution in [0.2, 0.25) is 0 Å². The molecule has 0 saturated carbocycles. The molecule has 0 aliphatic heterocycles. The molecule has 4 nitrogen and oxygen atoms in total. The Kier molecular flexibility index (Phi) is 5.21. The van der Waals surface area contributed by atoms with Gasteiger partial charge in [0.15, 0.2) is 0 Å². The van der Waals surface area contributed by atoms with Gasteiger partial charge in [0.2, 0.25) is 0 Å². The van der Waals surface area contributed by atoms with Gasteiger partial charge in [0.1, 0.15) is 18.1 Å². The third-order valence-corrected chi connectivity index (χ3v) is 3.33. The number of hydrogen-bond donors (Lipinski definition) is 1. The first kappa shape index (κ1) is 14.6. The maximum absolute atomic E-state index is 5.80. The first-order valence-electron chi connectivity index (χ1n) is 6.83. The first-order valence-corrected chi connectivity index (χ1v) is 6.83. The number of benzene rings is 1. The van der Waals surface area contributed by atoms with Gasteiger partial charge in [-0.1, -0.05) is 18.2 Å². The summed E-state index contributed by atoms with van der Waals surface area (Å²) in [6, 6.07) is 9.91. The van der Waals surface area contributed by atoms with E-state index in [0.717, 1.165) is 30.2 Å². The van der Waals surface area contributed by atoms with Crippen LogP contribution in [0.15, 0.2) is 41.0 Å². The van der Waals surface area contributed by atoms with Crippen molar-refractivity contribution in [1.29, 1.82) is 0 Å². The Labute approximate surface area is 120 Å². The summed E-state index contributed by atoms with van der Waals surface area (Å²) in [6.45, 7) is 4.84. The second-order valence-electron chi connectivity index (χ2n) is 4.90. The van der Waals surface area contributed by atoms with Crippen LogP contribution in [-0.4, -0.2) is 25.1 Å². The summed E-state index contributed by atoms with van der Waals surface area (Å²) in [5, 5.41) is 0. The molecular formula is C16H22N2O2. The van der Waals surface area contributed by atoms with Crippen LogP contribution < -0.4 is 10.5 Å². The maximum Gasteiger partial charge on any atom is 0.123 e. The van der Waals surface area contributed by atoms with Gasteiger partial charge in [-0.25, -0.2) is 0 Å². The molecule has 0 aliphatic rings. The Morgan fingerprint density at radius 3 is 2.70 bits per heavy atom. The van der Waals surface area contributed by atoms with E-state index >= 15 is 0 Å². The average molecular weight is 274 g/mol. The van der Waals surface area contributed by atoms with Crippen molar-refractivity contribution in [3.8, 4) is 5.75 Å². The molecule has 0 bridgehead atoms. The van der Waals surface area contributed by atoms with Gasteiger partial charge in [0.05, 0.1) is 6.26 Å². The van der Waals surface area contributed by atoms with Crippen LogP contribution in [0.4, 0.5) is 0 Å². The highest BCUT2D eigenvalue weighted by Gasteiger charge is 2.06. The fourth-order valence-electron chi connectivity index (χ4n) is 2.07. The van der Waals surface area contributed by atoms with Crippen molar-refractivity contribution in [2.75, 3.05) is 20.2 Å². The van der Waals surface area contributed by atoms with Gasteiger partial charge in [0.25, 0.3) is 0 Å². The Morgan fingerprint density at radius 1 is 1.20 bits per heavy atom. The van der Waals surface area contributed by atoms with Crippen LogP contribution in [-0.2, 0) is 13.1 Å². The minimum Gasteiger partial charge on any atom is -0.492 e. The molecule has 0 aliphatic carbocycles. The van der Waals surface area contributed by atoms with Gasteiger partial charge in [0, 0.05) is 30.8 Å². The molecule has 108 valence electrons. The summed E-state index contributed by atoms with van der Waals surface area (Å²) in [5.74, 6) is 1.86. The molecule has 20 heavy (non-hydrogen) atoms. The Balaban J connectivity index is 1.79. The Bertz CT molecular complexity index is 537. The lowest BCUT2D eigenvalue weighted by molar-refractivity contribution is 0.231. The van der Waals surface area contributed by atoms with Gasteiger partial charge in [-0.3, -0.25) is 4.90 Å². The van der Waals surface area contributed by atoms with Crippen LogP contribution in [0.5, 0.6) is 5.75 Å². The number of ether oxygens (including phenoxy) is 1. The molecule has 2 N–H and O–H groups in total. The molecule has 0 atom stereocenters. The quantitative estimate of drug-likeness (QED) is 0.843. The molecule has 0 spiro atoms. The van der Waals surface area contributed by atoms with E-state index in [1.165, 1.54) is 5.56 Å². The summed E-state index contributed by atoms with van der Waals surface area (Å²) in [4.78, 5) is 2.21. The lowest BCUT2D eigenvalue weighted by Gasteiger charge is -2.17. The summed E-state index contributed by atoms with van der Waals surface area (Å²) < 4.78 is 11.1. The topological polar surface area (TPSA) is 51.6 Å². The number of rotatable bonds is 7. The second-order valence-corrected chi connectivity index (χ2v) is 4.90. The van der Waals surface area contributed by atoms with Crippen molar-refractivity contribution in [3.05, 3.63) is 53.5 Å². The number of likely N-dealkylation sites (N-methyl/N-ethyl adjacent to an activating group) is 1. The van der Waals surface area contributed by atoms with Gasteiger partial charge >= 0.3 is 0 Å². The monoisotopic (exact) mass is 274 g/mol. The molecule has 0 amide bonds. The van der Waals surface area contributed by atoms with Crippen molar-refractivity contribution in [3.63, 3.8) is 0 Å². The first-order chi connectivity index (χ1) is 9.70. The normalized spacial score (nSPS) is 11.0. The minimum atomic E-state index is 0.500. The zero-order valence-electron chi connectivity index (χ0n) is 12.1. The van der Waals surface area contributed by atoms with Crippen LogP contribution in [0.1, 0.15) is 16.9 Å². The molecule has 4 heteroatoms. The van der Waals surface area contributed by atoms with Gasteiger partial charge < -0.3 is 14.9 Å². The molecule has 2 aromatic rings. The average Bonchev–Trinajstić information content (AvgIpc) is 2.85. The SMILES string of the molecule is Cc1occc1CN(C)CCOc1ccccc1CN. The van der Waals surface area contributed by atoms with E-state index in [9.17, 15) is 0 Å². The number of furan rings is 1. The molecule has 1 aromatic heterocycles. The zero-order valence-corrected chi connectivity index (χ0v) is 12.1. The number of nitrogens with two attached hydrogens (primary N) is 1. The number of nitrogens with zero attached hydrogens (tertiary/aromatic N) is 1. The molecule has 2 rings (SSSR count). The number of hydrogen-bond acceptors (Lipinski definition) is 4. The third kappa shape index (κ3) is 3.85. The van der Waals surface area contributed by atoms with Crippen molar-refractivity contribution in [1.82, 2.24) is 4.90 Å². The highest BCUT2D eigenvalue weighted by molar-refractivity contribution is 5.32. The fourth-order valence-corrected chi connectivity index (χ4v) is 2.07. The van der Waals surface area contributed by atoms with Crippen molar-refractivity contribution < 1.29 is 9.15 Å². The summed E-state index contributed by atoms with van der Waals surface area (Å²) >= 11 is 0. The molecule has 1 aromatic carbocycles. The smallest absolute Gasteiger partial charge is 0.123 e. The summed E-state index contributed by atoms with van der Waals surface area (Å²) in [6.07, 6.45) is 1.73. The third-order valence-electron chi connectivity index (χ3n) is 3.33. The largest absolute Gasteiger partial charge is 0.492 e. The number of aryl methyl sites for hydroxylation is 1. The standard InChI is InChI=1S/C16H22N2O2/c1-13-15(7-9-19-13)12-18(2)8-10-20-16-6-4-3-5-14(16)11-17/h3-7,9H,8,10-12,17H2,1-2H3. The van der Waals surface area contributed by atoms with Crippen molar-refractivity contribution >= 4 is 0 Å². The predicted molar refractivity (Wildman–Crippen MR) is 79.6 cm³/mol. The maximum atomic E-state index is 5.80. The van der Waals surface area contributed by atoms with Gasteiger partial charge in [-0.2, -0.15) is 0 Å². The van der Waals surface area contributed by atoms with E-state index in [2.05, 4.69) is 11.9 Å². The van der Waals surface area contributed by atoms with E-state index in [0.29, 0.717) is 13.2 Å². The molecule has 0 unspecified atom stereocenters. The second kappa shape index (κ2) is 7.12. The lowest BCUT2D eigenvalue weighted by atomic mass is 10.2. The highest BCUT2D eigenvalue weighted by atomic mass is 16.5. The Hall–Kier alpha value is -1.78. The van der Waals surface area contributed by atoms with E-state index < -0.39 is 0 Å². The zero-order chi connectivity index (χ0) is 14.4. The number of para-hydroxylation sites is 1. The summed E-state index contributed by atoms with van der Waals surface area (Å²) in [7, 11) is 2.07. The predicted octanol–water partition coefficient (Wildman–Crippen LogP) is 2.56. The van der Waals surface area contributed by atoms with Crippen LogP contribution in [0.3, 0.4) is 0 Å². The van der Waals surface area contributed by atoms with Crippen LogP contribution in [0.25, 0.3) is 0 Å². The van der Waals surface area contributed by atoms with Crippen LogP contribution in [0, 0.1) is 6.92 Å². The molecular weight excluding hydrogens is 252 g/mol. The molecule has 0 saturated heterocycles. The van der Waals surface area contributed by atoms with E-state index in [4.69, 9.17) is 14.9 Å². The molecule has 0 fully saturated rings. The highest BCUT2D eigenvalue weighted by Crippen LogP contribution is 2.17. The summed E-state index contributed by atoms with van der Waals surface area (Å²) in [5.41, 5.74) is 7.95. The van der Waals surface area contributed by atoms with E-state index in [1.54, 1.807) is 6.26 Å². The van der Waals surface area contributed by atoms with Gasteiger partial charge in [-0.05, 0) is 26.1 Å². The van der Waals surface area contributed by atoms with Crippen molar-refractivity contribution in [2.24, 2.45) is 5.73 Å². The van der Waals surface area contributed by atoms with Gasteiger partial charge in [-0.15, -0.1) is 0 Å². The van der Waals surface area contributed by atoms with E-state index in [-0.39, 0.29) is 0 Å². The lowest BCUT2D eigenvalue weighted by Crippen LogP contribution is -2.24. The van der Waals surface area contributed by atoms with Crippen LogP contribution >= 0.6 is 0 Å². The van der Waals surface area contributed by atoms with Crippen molar-refractivity contribution in [2.45, 2.75) is 20.0 Å². The molecule has 0 radical (unpaired) electrons. The Morgan fingerprint density at radius 2 is 2.00 bits per heavy atom.